The van der Waals surface area contributed by atoms with Crippen LogP contribution in [-0.2, 0) is 26.3 Å². The van der Waals surface area contributed by atoms with Gasteiger partial charge in [-0.1, -0.05) is 43.5 Å². The molecule has 1 atom stereocenters. The van der Waals surface area contributed by atoms with Crippen LogP contribution < -0.4 is 11.1 Å². The van der Waals surface area contributed by atoms with Gasteiger partial charge in [0.25, 0.3) is 5.91 Å². The topological polar surface area (TPSA) is 137 Å². The molecule has 2 N–H and O–H groups in total. The third kappa shape index (κ3) is 5.97. The Bertz CT molecular complexity index is 1680. The first kappa shape index (κ1) is 30.3. The number of carbonyl (C=O) groups is 3. The van der Waals surface area contributed by atoms with Crippen molar-refractivity contribution in [3.8, 4) is 0 Å². The van der Waals surface area contributed by atoms with Gasteiger partial charge in [-0.2, -0.15) is 0 Å². The Morgan fingerprint density at radius 2 is 1.72 bits per heavy atom. The molecule has 1 spiro atoms. The highest BCUT2D eigenvalue weighted by Gasteiger charge is 2.46. The molecule has 2 aromatic carbocycles. The lowest BCUT2D eigenvalue weighted by molar-refractivity contribution is -0.143. The van der Waals surface area contributed by atoms with Crippen LogP contribution in [-0.4, -0.2) is 89.2 Å². The molecule has 3 amide bonds. The molecule has 1 aliphatic carbocycles. The fourth-order valence-corrected chi connectivity index (χ4v) is 7.74. The van der Waals surface area contributed by atoms with Crippen LogP contribution >= 0.6 is 0 Å². The van der Waals surface area contributed by atoms with Crippen molar-refractivity contribution in [2.24, 2.45) is 0 Å². The van der Waals surface area contributed by atoms with Crippen LogP contribution in [0.5, 0.6) is 0 Å². The molecule has 12 heteroatoms. The van der Waals surface area contributed by atoms with E-state index >= 15 is 0 Å². The number of hydrogen-bond acceptors (Lipinski definition) is 8. The average Bonchev–Trinajstić information content (AvgIpc) is 3.45. The maximum atomic E-state index is 14.0. The highest BCUT2D eigenvalue weighted by atomic mass is 16.6. The monoisotopic (exact) mass is 631 g/mol. The Hall–Kier alpha value is -4.32. The first-order valence-corrected chi connectivity index (χ1v) is 16.5. The van der Waals surface area contributed by atoms with E-state index in [0.29, 0.717) is 56.2 Å². The van der Waals surface area contributed by atoms with E-state index in [2.05, 4.69) is 15.2 Å². The van der Waals surface area contributed by atoms with E-state index in [1.54, 1.807) is 11.0 Å². The largest absolute Gasteiger partial charge is 0.438 e. The molecule has 3 fully saturated rings. The number of piperidine rings is 1. The zero-order valence-electron chi connectivity index (χ0n) is 26.2. The first-order chi connectivity index (χ1) is 22.3. The molecular weight excluding hydrogens is 590 g/mol. The average molecular weight is 632 g/mol. The van der Waals surface area contributed by atoms with Crippen molar-refractivity contribution in [2.45, 2.75) is 76.0 Å². The quantitative estimate of drug-likeness (QED) is 0.420. The summed E-state index contributed by atoms with van der Waals surface area (Å²) >= 11 is 0. The number of oxazole rings is 1. The normalized spacial score (nSPS) is 21.0. The second kappa shape index (κ2) is 12.5. The number of fused-ring (bicyclic) bond motifs is 3. The Balaban J connectivity index is 1.06. The van der Waals surface area contributed by atoms with Crippen LogP contribution in [0.1, 0.15) is 61.6 Å². The van der Waals surface area contributed by atoms with Crippen LogP contribution in [0.25, 0.3) is 11.1 Å². The predicted octanol–water partition coefficient (Wildman–Crippen LogP) is 4.51. The van der Waals surface area contributed by atoms with Gasteiger partial charge in [0.15, 0.2) is 11.7 Å². The van der Waals surface area contributed by atoms with Crippen molar-refractivity contribution in [3.63, 3.8) is 0 Å². The molecule has 4 aliphatic rings. The van der Waals surface area contributed by atoms with Crippen LogP contribution in [0.3, 0.4) is 0 Å². The lowest BCUT2D eigenvalue weighted by Gasteiger charge is -2.44. The van der Waals surface area contributed by atoms with Crippen LogP contribution in [0, 0.1) is 6.92 Å². The van der Waals surface area contributed by atoms with Crippen molar-refractivity contribution in [1.82, 2.24) is 19.7 Å². The van der Waals surface area contributed by atoms with Gasteiger partial charge in [0.2, 0.25) is 0 Å². The number of aromatic nitrogens is 1. The lowest BCUT2D eigenvalue weighted by atomic mass is 9.82. The number of benzene rings is 2. The number of anilines is 1. The zero-order chi connectivity index (χ0) is 31.8. The highest BCUT2D eigenvalue weighted by molar-refractivity contribution is 5.89. The van der Waals surface area contributed by atoms with Crippen LogP contribution in [0.15, 0.2) is 45.6 Å². The van der Waals surface area contributed by atoms with Crippen LogP contribution in [0.2, 0.25) is 0 Å². The minimum Gasteiger partial charge on any atom is -0.438 e. The molecule has 4 heterocycles. The van der Waals surface area contributed by atoms with E-state index in [1.165, 1.54) is 32.1 Å². The molecule has 0 radical (unpaired) electrons. The number of aromatic amines is 1. The number of H-pyrrole nitrogens is 1. The number of rotatable bonds is 5. The fraction of sp³-hybridized carbons (Fsp3) is 0.529. The lowest BCUT2D eigenvalue weighted by Crippen LogP contribution is -2.55. The number of para-hydroxylation sites is 1. The molecule has 46 heavy (non-hydrogen) atoms. The highest BCUT2D eigenvalue weighted by Crippen LogP contribution is 2.43. The molecule has 12 nitrogen and oxygen atoms in total. The number of carbonyl (C=O) groups excluding carboxylic acids is 3. The molecule has 3 aromatic rings. The summed E-state index contributed by atoms with van der Waals surface area (Å²) in [6.07, 6.45) is 5.08. The number of aryl methyl sites for hydroxylation is 1. The minimum absolute atomic E-state index is 0.146. The summed E-state index contributed by atoms with van der Waals surface area (Å²) in [5.41, 5.74) is 3.33. The molecule has 244 valence electrons. The van der Waals surface area contributed by atoms with Crippen molar-refractivity contribution >= 4 is 34.9 Å². The van der Waals surface area contributed by atoms with Gasteiger partial charge in [-0.15, -0.1) is 0 Å². The molecule has 7 rings (SSSR count). The standard InChI is InChI=1S/C34H41N5O7/c1-22-19-23(20-27-29(22)36-31(41)44-27)21-28(30(40)38-17-15-37(16-18-38)24-7-3-2-4-8-24)45-33(43)39-13-11-34(12-14-39)25-9-5-6-10-26(25)35-32(42)46-34/h5-6,9-10,19-20,24,28H,2-4,7-8,11-18,21H2,1H3,(H,35,42)(H,36,41). The summed E-state index contributed by atoms with van der Waals surface area (Å²) in [6, 6.07) is 11.8. The van der Waals surface area contributed by atoms with Gasteiger partial charge in [-0.3, -0.25) is 20.0 Å². The molecule has 1 unspecified atom stereocenters. The summed E-state index contributed by atoms with van der Waals surface area (Å²) in [7, 11) is 0. The van der Waals surface area contributed by atoms with E-state index in [4.69, 9.17) is 13.9 Å². The Morgan fingerprint density at radius 3 is 2.48 bits per heavy atom. The number of nitrogens with zero attached hydrogens (tertiary/aromatic N) is 3. The van der Waals surface area contributed by atoms with Crippen molar-refractivity contribution in [1.29, 1.82) is 0 Å². The maximum Gasteiger partial charge on any atom is 0.417 e. The summed E-state index contributed by atoms with van der Waals surface area (Å²) in [5.74, 6) is -0.769. The van der Waals surface area contributed by atoms with Gasteiger partial charge in [-0.05, 0) is 43.0 Å². The zero-order valence-corrected chi connectivity index (χ0v) is 26.2. The van der Waals surface area contributed by atoms with Gasteiger partial charge in [-0.25, -0.2) is 14.4 Å². The van der Waals surface area contributed by atoms with E-state index in [-0.39, 0.29) is 12.3 Å². The summed E-state index contributed by atoms with van der Waals surface area (Å²) in [6.45, 7) is 5.25. The van der Waals surface area contributed by atoms with Crippen molar-refractivity contribution in [3.05, 3.63) is 63.6 Å². The number of piperazine rings is 1. The van der Waals surface area contributed by atoms with E-state index in [1.807, 2.05) is 42.2 Å². The molecule has 0 bridgehead atoms. The van der Waals surface area contributed by atoms with Gasteiger partial charge in [0.05, 0.1) is 11.2 Å². The van der Waals surface area contributed by atoms with E-state index in [0.717, 1.165) is 35.5 Å². The molecular formula is C34H41N5O7. The molecule has 3 aliphatic heterocycles. The second-order valence-corrected chi connectivity index (χ2v) is 13.1. The Kier molecular flexibility index (Phi) is 8.22. The van der Waals surface area contributed by atoms with Gasteiger partial charge < -0.3 is 23.7 Å². The second-order valence-electron chi connectivity index (χ2n) is 13.1. The number of amides is 3. The van der Waals surface area contributed by atoms with Crippen LogP contribution in [0.4, 0.5) is 15.3 Å². The molecule has 1 aromatic heterocycles. The van der Waals surface area contributed by atoms with Crippen molar-refractivity contribution in [2.75, 3.05) is 44.6 Å². The van der Waals surface area contributed by atoms with E-state index < -0.39 is 29.6 Å². The van der Waals surface area contributed by atoms with Gasteiger partial charge >= 0.3 is 17.9 Å². The number of ether oxygens (including phenoxy) is 2. The SMILES string of the molecule is Cc1cc(CC(OC(=O)N2CCC3(CC2)OC(=O)Nc2ccccc23)C(=O)N2CCN(C3CCCCC3)CC2)cc2oc(=O)[nH]c12. The number of hydrogen-bond donors (Lipinski definition) is 2. The molecule has 1 saturated carbocycles. The smallest absolute Gasteiger partial charge is 0.417 e. The molecule has 2 saturated heterocycles. The summed E-state index contributed by atoms with van der Waals surface area (Å²) < 4.78 is 17.2. The first-order valence-electron chi connectivity index (χ1n) is 16.5. The van der Waals surface area contributed by atoms with Gasteiger partial charge in [0, 0.05) is 70.1 Å². The Morgan fingerprint density at radius 1 is 0.978 bits per heavy atom. The maximum absolute atomic E-state index is 14.0. The predicted molar refractivity (Wildman–Crippen MR) is 170 cm³/mol. The summed E-state index contributed by atoms with van der Waals surface area (Å²) in [4.78, 5) is 60.5. The van der Waals surface area contributed by atoms with Crippen molar-refractivity contribution < 1.29 is 28.3 Å². The number of likely N-dealkylation sites (tertiary alicyclic amines) is 1. The summed E-state index contributed by atoms with van der Waals surface area (Å²) in [5, 5.41) is 2.76. The van der Waals surface area contributed by atoms with Gasteiger partial charge in [0.1, 0.15) is 5.60 Å². The third-order valence-corrected chi connectivity index (χ3v) is 10.2. The number of nitrogens with one attached hydrogen (secondary N) is 2. The Labute approximate surface area is 267 Å². The fourth-order valence-electron chi connectivity index (χ4n) is 7.74. The third-order valence-electron chi connectivity index (χ3n) is 10.2. The van der Waals surface area contributed by atoms with E-state index in [9.17, 15) is 19.2 Å². The minimum atomic E-state index is -1.05.